The molecule has 4 rings (SSSR count). The van der Waals surface area contributed by atoms with Crippen molar-refractivity contribution in [2.24, 2.45) is 0 Å². The van der Waals surface area contributed by atoms with E-state index in [1.54, 1.807) is 6.07 Å². The van der Waals surface area contributed by atoms with E-state index >= 15 is 0 Å². The van der Waals surface area contributed by atoms with Crippen molar-refractivity contribution in [3.8, 4) is 11.4 Å². The van der Waals surface area contributed by atoms with Crippen LogP contribution >= 0.6 is 11.6 Å². The highest BCUT2D eigenvalue weighted by atomic mass is 35.5. The van der Waals surface area contributed by atoms with Crippen LogP contribution in [0.2, 0.25) is 5.02 Å². The van der Waals surface area contributed by atoms with Gasteiger partial charge in [0, 0.05) is 41.2 Å². The number of aromatic nitrogens is 3. The molecule has 0 unspecified atom stereocenters. The van der Waals surface area contributed by atoms with Gasteiger partial charge in [0.2, 0.25) is 17.6 Å². The first-order valence-electron chi connectivity index (χ1n) is 8.13. The highest BCUT2D eigenvalue weighted by molar-refractivity contribution is 6.33. The molecule has 0 saturated carbocycles. The fraction of sp³-hybridized carbons (Fsp3) is 0.105. The Kier molecular flexibility index (Phi) is 4.41. The van der Waals surface area contributed by atoms with Gasteiger partial charge in [-0.05, 0) is 36.4 Å². The van der Waals surface area contributed by atoms with Gasteiger partial charge in [-0.1, -0.05) is 28.9 Å². The average Bonchev–Trinajstić information content (AvgIpc) is 3.29. The molecule has 0 aliphatic carbocycles. The molecule has 1 amide bonds. The Morgan fingerprint density at radius 3 is 2.96 bits per heavy atom. The fourth-order valence-corrected chi connectivity index (χ4v) is 2.90. The van der Waals surface area contributed by atoms with Crippen LogP contribution in [-0.2, 0) is 11.2 Å². The van der Waals surface area contributed by atoms with Crippen LogP contribution in [-0.4, -0.2) is 21.0 Å². The molecule has 2 aromatic heterocycles. The van der Waals surface area contributed by atoms with Gasteiger partial charge in [0.05, 0.1) is 5.02 Å². The monoisotopic (exact) mass is 366 g/mol. The van der Waals surface area contributed by atoms with E-state index in [1.807, 2.05) is 48.7 Å². The topological polar surface area (TPSA) is 83.8 Å². The van der Waals surface area contributed by atoms with Crippen LogP contribution in [0, 0.1) is 0 Å². The second-order valence-corrected chi connectivity index (χ2v) is 6.23. The number of aromatic amines is 1. The fourth-order valence-electron chi connectivity index (χ4n) is 2.68. The summed E-state index contributed by atoms with van der Waals surface area (Å²) in [6, 6.07) is 14.9. The number of H-pyrrole nitrogens is 1. The lowest BCUT2D eigenvalue weighted by molar-refractivity contribution is -0.116. The Balaban J connectivity index is 1.38. The molecular formula is C19H15ClN4O2. The van der Waals surface area contributed by atoms with Crippen LogP contribution in [0.1, 0.15) is 12.3 Å². The van der Waals surface area contributed by atoms with Crippen molar-refractivity contribution in [2.45, 2.75) is 12.8 Å². The van der Waals surface area contributed by atoms with Crippen molar-refractivity contribution < 1.29 is 9.32 Å². The van der Waals surface area contributed by atoms with Crippen LogP contribution in [0.25, 0.3) is 22.3 Å². The maximum Gasteiger partial charge on any atom is 0.227 e. The third-order valence-electron chi connectivity index (χ3n) is 3.99. The van der Waals surface area contributed by atoms with Gasteiger partial charge in [-0.3, -0.25) is 4.79 Å². The highest BCUT2D eigenvalue weighted by Gasteiger charge is 2.13. The van der Waals surface area contributed by atoms with E-state index in [4.69, 9.17) is 16.1 Å². The Morgan fingerprint density at radius 2 is 2.08 bits per heavy atom. The number of benzene rings is 2. The zero-order valence-electron chi connectivity index (χ0n) is 13.7. The molecule has 2 N–H and O–H groups in total. The molecule has 130 valence electrons. The van der Waals surface area contributed by atoms with Gasteiger partial charge in [0.25, 0.3) is 0 Å². The van der Waals surface area contributed by atoms with E-state index in [0.717, 1.165) is 16.6 Å². The molecule has 7 heteroatoms. The van der Waals surface area contributed by atoms with Crippen molar-refractivity contribution in [3.63, 3.8) is 0 Å². The minimum atomic E-state index is -0.114. The number of nitrogens with zero attached hydrogens (tertiary/aromatic N) is 2. The van der Waals surface area contributed by atoms with E-state index in [0.29, 0.717) is 28.7 Å². The summed E-state index contributed by atoms with van der Waals surface area (Å²) in [6.45, 7) is 0. The number of hydrogen-bond donors (Lipinski definition) is 2. The van der Waals surface area contributed by atoms with E-state index in [1.165, 1.54) is 0 Å². The summed E-state index contributed by atoms with van der Waals surface area (Å²) in [5, 5.41) is 8.41. The third-order valence-corrected chi connectivity index (χ3v) is 4.32. The average molecular weight is 367 g/mol. The normalized spacial score (nSPS) is 11.0. The molecule has 0 fully saturated rings. The summed E-state index contributed by atoms with van der Waals surface area (Å²) in [6.07, 6.45) is 2.47. The molecular weight excluding hydrogens is 352 g/mol. The smallest absolute Gasteiger partial charge is 0.227 e. The van der Waals surface area contributed by atoms with Gasteiger partial charge >= 0.3 is 0 Å². The molecule has 0 bridgehead atoms. The first kappa shape index (κ1) is 16.4. The second kappa shape index (κ2) is 7.01. The molecule has 0 aliphatic heterocycles. The van der Waals surface area contributed by atoms with Crippen LogP contribution < -0.4 is 5.32 Å². The van der Waals surface area contributed by atoms with Gasteiger partial charge in [-0.25, -0.2) is 0 Å². The molecule has 6 nitrogen and oxygen atoms in total. The van der Waals surface area contributed by atoms with Crippen LogP contribution in [0.15, 0.2) is 59.3 Å². The van der Waals surface area contributed by atoms with E-state index in [-0.39, 0.29) is 12.3 Å². The van der Waals surface area contributed by atoms with Gasteiger partial charge in [0.1, 0.15) is 0 Å². The van der Waals surface area contributed by atoms with Gasteiger partial charge in [-0.15, -0.1) is 0 Å². The summed E-state index contributed by atoms with van der Waals surface area (Å²) in [5.41, 5.74) is 2.48. The molecule has 2 heterocycles. The second-order valence-electron chi connectivity index (χ2n) is 5.82. The minimum absolute atomic E-state index is 0.114. The summed E-state index contributed by atoms with van der Waals surface area (Å²) >= 11 is 6.13. The molecule has 0 atom stereocenters. The van der Waals surface area contributed by atoms with Crippen molar-refractivity contribution in [3.05, 3.63) is 65.6 Å². The van der Waals surface area contributed by atoms with Crippen LogP contribution in [0.3, 0.4) is 0 Å². The molecule has 2 aromatic carbocycles. The number of nitrogens with one attached hydrogen (secondary N) is 2. The van der Waals surface area contributed by atoms with Crippen molar-refractivity contribution in [1.82, 2.24) is 15.1 Å². The van der Waals surface area contributed by atoms with Crippen molar-refractivity contribution >= 4 is 34.1 Å². The number of hydrogen-bond acceptors (Lipinski definition) is 4. The van der Waals surface area contributed by atoms with Crippen LogP contribution in [0.5, 0.6) is 0 Å². The van der Waals surface area contributed by atoms with E-state index in [9.17, 15) is 4.79 Å². The molecule has 0 saturated heterocycles. The number of amides is 1. The summed E-state index contributed by atoms with van der Waals surface area (Å²) in [4.78, 5) is 19.6. The number of rotatable bonds is 5. The van der Waals surface area contributed by atoms with Gasteiger partial charge in [-0.2, -0.15) is 4.98 Å². The Labute approximate surface area is 154 Å². The molecule has 0 aliphatic rings. The van der Waals surface area contributed by atoms with Crippen molar-refractivity contribution in [2.75, 3.05) is 5.32 Å². The molecule has 0 spiro atoms. The Hall–Kier alpha value is -3.12. The first-order valence-corrected chi connectivity index (χ1v) is 8.51. The predicted molar refractivity (Wildman–Crippen MR) is 100.0 cm³/mol. The highest BCUT2D eigenvalue weighted by Crippen LogP contribution is 2.25. The number of carbonyl (C=O) groups excluding carboxylic acids is 1. The molecule has 26 heavy (non-hydrogen) atoms. The number of carbonyl (C=O) groups is 1. The van der Waals surface area contributed by atoms with Gasteiger partial charge < -0.3 is 14.8 Å². The lowest BCUT2D eigenvalue weighted by Crippen LogP contribution is -2.12. The Morgan fingerprint density at radius 1 is 1.19 bits per heavy atom. The number of anilines is 1. The zero-order valence-corrected chi connectivity index (χ0v) is 14.5. The van der Waals surface area contributed by atoms with Gasteiger partial charge in [0.15, 0.2) is 0 Å². The standard InChI is InChI=1S/C19H15ClN4O2/c20-15-4-2-1-3-14(15)19-23-18(26-24-19)8-7-17(25)22-13-5-6-16-12(11-13)9-10-21-16/h1-6,9-11,21H,7-8H2,(H,22,25). The predicted octanol–water partition coefficient (Wildman–Crippen LogP) is 4.44. The maximum absolute atomic E-state index is 12.2. The zero-order chi connectivity index (χ0) is 17.9. The molecule has 0 radical (unpaired) electrons. The van der Waals surface area contributed by atoms with Crippen LogP contribution in [0.4, 0.5) is 5.69 Å². The quantitative estimate of drug-likeness (QED) is 0.546. The minimum Gasteiger partial charge on any atom is -0.361 e. The SMILES string of the molecule is O=C(CCc1nc(-c2ccccc2Cl)no1)Nc1ccc2[nH]ccc2c1. The number of halogens is 1. The summed E-state index contributed by atoms with van der Waals surface area (Å²) < 4.78 is 5.22. The lowest BCUT2D eigenvalue weighted by atomic mass is 10.2. The Bertz CT molecular complexity index is 1070. The van der Waals surface area contributed by atoms with E-state index in [2.05, 4.69) is 20.4 Å². The lowest BCUT2D eigenvalue weighted by Gasteiger charge is -2.04. The largest absolute Gasteiger partial charge is 0.361 e. The first-order chi connectivity index (χ1) is 12.7. The maximum atomic E-state index is 12.2. The third kappa shape index (κ3) is 3.45. The summed E-state index contributed by atoms with van der Waals surface area (Å²) in [5.74, 6) is 0.706. The number of fused-ring (bicyclic) bond motifs is 1. The summed E-state index contributed by atoms with van der Waals surface area (Å²) in [7, 11) is 0. The van der Waals surface area contributed by atoms with Crippen molar-refractivity contribution in [1.29, 1.82) is 0 Å². The molecule has 4 aromatic rings. The van der Waals surface area contributed by atoms with E-state index < -0.39 is 0 Å². The number of aryl methyl sites for hydroxylation is 1.